The van der Waals surface area contributed by atoms with E-state index < -0.39 is 0 Å². The van der Waals surface area contributed by atoms with E-state index in [1.54, 1.807) is 17.1 Å². The minimum Gasteiger partial charge on any atom is -0.300 e. The molecule has 22 heavy (non-hydrogen) atoms. The first-order valence-electron chi connectivity index (χ1n) is 6.61. The van der Waals surface area contributed by atoms with Gasteiger partial charge in [-0.3, -0.25) is 9.48 Å². The van der Waals surface area contributed by atoms with Crippen LogP contribution in [-0.2, 0) is 11.3 Å². The van der Waals surface area contributed by atoms with Crippen molar-refractivity contribution in [2.75, 3.05) is 5.32 Å². The molecule has 0 aliphatic carbocycles. The van der Waals surface area contributed by atoms with Crippen LogP contribution in [0.25, 0.3) is 11.1 Å². The summed E-state index contributed by atoms with van der Waals surface area (Å²) in [7, 11) is 0. The Kier molecular flexibility index (Phi) is 4.35. The molecule has 2 heterocycles. The van der Waals surface area contributed by atoms with Crippen molar-refractivity contribution in [3.05, 3.63) is 52.2 Å². The molecule has 0 saturated heterocycles. The van der Waals surface area contributed by atoms with Gasteiger partial charge in [-0.25, -0.2) is 4.98 Å². The molecule has 0 saturated carbocycles. The Balaban J connectivity index is 1.67. The number of anilines is 1. The third kappa shape index (κ3) is 3.61. The van der Waals surface area contributed by atoms with Crippen molar-refractivity contribution < 1.29 is 4.79 Å². The van der Waals surface area contributed by atoms with Gasteiger partial charge in [0.2, 0.25) is 5.91 Å². The quantitative estimate of drug-likeness (QED) is 0.754. The number of hydrogen-bond donors (Lipinski definition) is 1. The van der Waals surface area contributed by atoms with E-state index in [0.717, 1.165) is 20.5 Å². The van der Waals surface area contributed by atoms with Crippen molar-refractivity contribution in [3.63, 3.8) is 0 Å². The zero-order chi connectivity index (χ0) is 15.5. The molecule has 0 atom stereocenters. The van der Waals surface area contributed by atoms with Crippen molar-refractivity contribution in [1.29, 1.82) is 0 Å². The fourth-order valence-corrected chi connectivity index (χ4v) is 3.07. The zero-order valence-electron chi connectivity index (χ0n) is 11.8. The molecule has 112 valence electrons. The van der Waals surface area contributed by atoms with E-state index in [4.69, 9.17) is 0 Å². The van der Waals surface area contributed by atoms with Crippen LogP contribution in [0.4, 0.5) is 5.13 Å². The van der Waals surface area contributed by atoms with Crippen molar-refractivity contribution in [2.24, 2.45) is 0 Å². The molecule has 0 aliphatic heterocycles. The predicted molar refractivity (Wildman–Crippen MR) is 90.8 cm³/mol. The van der Waals surface area contributed by atoms with E-state index in [1.165, 1.54) is 11.3 Å². The highest BCUT2D eigenvalue weighted by molar-refractivity contribution is 9.10. The molecule has 0 spiro atoms. The van der Waals surface area contributed by atoms with Gasteiger partial charge in [0.05, 0.1) is 6.20 Å². The number of aryl methyl sites for hydroxylation is 1. The highest BCUT2D eigenvalue weighted by atomic mass is 79.9. The van der Waals surface area contributed by atoms with Crippen LogP contribution in [-0.4, -0.2) is 20.7 Å². The fourth-order valence-electron chi connectivity index (χ4n) is 1.99. The Bertz CT molecular complexity index is 811. The summed E-state index contributed by atoms with van der Waals surface area (Å²) < 4.78 is 2.63. The number of nitrogens with one attached hydrogen (secondary N) is 1. The standard InChI is InChI=1S/C15H13BrN4OS/c1-10-6-17-15(22-10)19-14(21)9-20-8-12(7-18-20)11-3-2-4-13(16)5-11/h2-8H,9H2,1H3,(H,17,19,21). The van der Waals surface area contributed by atoms with Crippen molar-refractivity contribution in [2.45, 2.75) is 13.5 Å². The Morgan fingerprint density at radius 1 is 1.36 bits per heavy atom. The summed E-state index contributed by atoms with van der Waals surface area (Å²) in [5, 5.41) is 7.61. The maximum Gasteiger partial charge on any atom is 0.247 e. The second-order valence-corrected chi connectivity index (χ2v) is 6.91. The van der Waals surface area contributed by atoms with E-state index in [0.29, 0.717) is 5.13 Å². The number of thiazole rings is 1. The third-order valence-corrected chi connectivity index (χ3v) is 4.29. The Hall–Kier alpha value is -1.99. The largest absolute Gasteiger partial charge is 0.300 e. The lowest BCUT2D eigenvalue weighted by atomic mass is 10.1. The summed E-state index contributed by atoms with van der Waals surface area (Å²) in [6.07, 6.45) is 5.34. The number of benzene rings is 1. The van der Waals surface area contributed by atoms with E-state index in [9.17, 15) is 4.79 Å². The minimum absolute atomic E-state index is 0.141. The van der Waals surface area contributed by atoms with Crippen LogP contribution in [0.2, 0.25) is 0 Å². The maximum absolute atomic E-state index is 12.0. The first kappa shape index (κ1) is 14.9. The number of aromatic nitrogens is 3. The second-order valence-electron chi connectivity index (χ2n) is 4.76. The van der Waals surface area contributed by atoms with Crippen molar-refractivity contribution in [3.8, 4) is 11.1 Å². The van der Waals surface area contributed by atoms with Gasteiger partial charge in [-0.15, -0.1) is 11.3 Å². The average molecular weight is 377 g/mol. The van der Waals surface area contributed by atoms with Gasteiger partial charge in [-0.1, -0.05) is 28.1 Å². The van der Waals surface area contributed by atoms with Gasteiger partial charge in [-0.05, 0) is 24.6 Å². The Morgan fingerprint density at radius 3 is 2.95 bits per heavy atom. The van der Waals surface area contributed by atoms with Gasteiger partial charge in [0.1, 0.15) is 6.54 Å². The molecule has 1 N–H and O–H groups in total. The fraction of sp³-hybridized carbons (Fsp3) is 0.133. The van der Waals surface area contributed by atoms with Gasteiger partial charge >= 0.3 is 0 Å². The number of carbonyl (C=O) groups excluding carboxylic acids is 1. The number of hydrogen-bond acceptors (Lipinski definition) is 4. The smallest absolute Gasteiger partial charge is 0.247 e. The minimum atomic E-state index is -0.141. The normalized spacial score (nSPS) is 10.6. The van der Waals surface area contributed by atoms with Crippen LogP contribution in [0.3, 0.4) is 0 Å². The van der Waals surface area contributed by atoms with Crippen LogP contribution < -0.4 is 5.32 Å². The molecule has 0 fully saturated rings. The second kappa shape index (κ2) is 6.41. The third-order valence-electron chi connectivity index (χ3n) is 2.96. The lowest BCUT2D eigenvalue weighted by molar-refractivity contribution is -0.116. The number of rotatable bonds is 4. The lowest BCUT2D eigenvalue weighted by Crippen LogP contribution is -2.18. The van der Waals surface area contributed by atoms with Gasteiger partial charge < -0.3 is 5.32 Å². The maximum atomic E-state index is 12.0. The van der Waals surface area contributed by atoms with Gasteiger partial charge in [-0.2, -0.15) is 5.10 Å². The van der Waals surface area contributed by atoms with Crippen molar-refractivity contribution in [1.82, 2.24) is 14.8 Å². The van der Waals surface area contributed by atoms with E-state index in [2.05, 4.69) is 31.3 Å². The van der Waals surface area contributed by atoms with Gasteiger partial charge in [0.15, 0.2) is 5.13 Å². The Morgan fingerprint density at radius 2 is 2.23 bits per heavy atom. The van der Waals surface area contributed by atoms with Crippen LogP contribution >= 0.6 is 27.3 Å². The molecule has 0 bridgehead atoms. The molecule has 1 amide bonds. The van der Waals surface area contributed by atoms with Crippen LogP contribution in [0.1, 0.15) is 4.88 Å². The summed E-state index contributed by atoms with van der Waals surface area (Å²) in [5.41, 5.74) is 2.02. The van der Waals surface area contributed by atoms with Gasteiger partial charge in [0, 0.05) is 27.3 Å². The van der Waals surface area contributed by atoms with Crippen LogP contribution in [0.15, 0.2) is 47.3 Å². The topological polar surface area (TPSA) is 59.8 Å². The number of amides is 1. The summed E-state index contributed by atoms with van der Waals surface area (Å²) in [4.78, 5) is 17.2. The highest BCUT2D eigenvalue weighted by Crippen LogP contribution is 2.22. The summed E-state index contributed by atoms with van der Waals surface area (Å²) in [6.45, 7) is 2.11. The van der Waals surface area contributed by atoms with Crippen LogP contribution in [0, 0.1) is 6.92 Å². The molecule has 5 nitrogen and oxygen atoms in total. The van der Waals surface area contributed by atoms with Gasteiger partial charge in [0.25, 0.3) is 0 Å². The molecule has 0 radical (unpaired) electrons. The molecular formula is C15H13BrN4OS. The van der Waals surface area contributed by atoms with E-state index in [-0.39, 0.29) is 12.5 Å². The predicted octanol–water partition coefficient (Wildman–Crippen LogP) is 3.72. The zero-order valence-corrected chi connectivity index (χ0v) is 14.2. The SMILES string of the molecule is Cc1cnc(NC(=O)Cn2cc(-c3cccc(Br)c3)cn2)s1. The molecule has 2 aromatic heterocycles. The van der Waals surface area contributed by atoms with Crippen LogP contribution in [0.5, 0.6) is 0 Å². The molecule has 3 aromatic rings. The first-order valence-corrected chi connectivity index (χ1v) is 8.22. The average Bonchev–Trinajstić information content (AvgIpc) is 3.08. The highest BCUT2D eigenvalue weighted by Gasteiger charge is 2.08. The summed E-state index contributed by atoms with van der Waals surface area (Å²) in [5.74, 6) is -0.141. The van der Waals surface area contributed by atoms with Crippen molar-refractivity contribution >= 4 is 38.3 Å². The number of carbonyl (C=O) groups is 1. The molecule has 7 heteroatoms. The van der Waals surface area contributed by atoms with E-state index >= 15 is 0 Å². The molecular weight excluding hydrogens is 364 g/mol. The molecule has 0 aliphatic rings. The number of halogens is 1. The number of nitrogens with zero attached hydrogens (tertiary/aromatic N) is 3. The first-order chi connectivity index (χ1) is 10.6. The monoisotopic (exact) mass is 376 g/mol. The molecule has 3 rings (SSSR count). The molecule has 1 aromatic carbocycles. The molecule has 0 unspecified atom stereocenters. The summed E-state index contributed by atoms with van der Waals surface area (Å²) >= 11 is 4.90. The summed E-state index contributed by atoms with van der Waals surface area (Å²) in [6, 6.07) is 7.95. The Labute approximate surface area is 140 Å². The lowest BCUT2D eigenvalue weighted by Gasteiger charge is -2.01. The van der Waals surface area contributed by atoms with E-state index in [1.807, 2.05) is 37.4 Å².